The summed E-state index contributed by atoms with van der Waals surface area (Å²) < 4.78 is 0. The van der Waals surface area contributed by atoms with Crippen LogP contribution in [0.2, 0.25) is 0 Å². The van der Waals surface area contributed by atoms with Crippen molar-refractivity contribution < 1.29 is 9.90 Å². The van der Waals surface area contributed by atoms with Crippen molar-refractivity contribution in [1.29, 1.82) is 0 Å². The summed E-state index contributed by atoms with van der Waals surface area (Å²) in [5.41, 5.74) is 1.54. The van der Waals surface area contributed by atoms with Gasteiger partial charge >= 0.3 is 6.03 Å². The molecule has 1 aliphatic heterocycles. The summed E-state index contributed by atoms with van der Waals surface area (Å²) in [5.74, 6) is 0. The fourth-order valence-electron chi connectivity index (χ4n) is 3.21. The predicted molar refractivity (Wildman–Crippen MR) is 80.6 cm³/mol. The molecule has 0 bridgehead atoms. The Kier molecular flexibility index (Phi) is 5.46. The first-order valence-electron chi connectivity index (χ1n) is 8.01. The van der Waals surface area contributed by atoms with E-state index in [4.69, 9.17) is 0 Å². The maximum absolute atomic E-state index is 12.1. The number of likely N-dealkylation sites (tertiary alicyclic amines) is 1. The molecule has 0 saturated carbocycles. The standard InChI is InChI=1S/C16H28N2O2/c1-2-16(13-19)8-11-18(12-9-16)15(20)17-10-7-14-5-3-4-6-14/h5,19H,2-4,6-13H2,1H3,(H,17,20). The third-order valence-corrected chi connectivity index (χ3v) is 5.05. The average Bonchev–Trinajstić information content (AvgIpc) is 3.00. The number of nitrogens with zero attached hydrogens (tertiary/aromatic N) is 1. The van der Waals surface area contributed by atoms with E-state index in [1.807, 2.05) is 4.90 Å². The molecule has 1 fully saturated rings. The molecule has 4 heteroatoms. The van der Waals surface area contributed by atoms with Crippen molar-refractivity contribution >= 4 is 6.03 Å². The van der Waals surface area contributed by atoms with Crippen molar-refractivity contribution in [3.8, 4) is 0 Å². The number of amides is 2. The molecule has 1 saturated heterocycles. The van der Waals surface area contributed by atoms with Crippen molar-refractivity contribution in [3.63, 3.8) is 0 Å². The number of nitrogens with one attached hydrogen (secondary N) is 1. The molecular formula is C16H28N2O2. The van der Waals surface area contributed by atoms with Gasteiger partial charge in [-0.15, -0.1) is 0 Å². The van der Waals surface area contributed by atoms with Crippen molar-refractivity contribution in [2.45, 2.75) is 51.9 Å². The highest BCUT2D eigenvalue weighted by Gasteiger charge is 2.33. The molecule has 0 unspecified atom stereocenters. The number of hydrogen-bond acceptors (Lipinski definition) is 2. The van der Waals surface area contributed by atoms with Gasteiger partial charge < -0.3 is 15.3 Å². The highest BCUT2D eigenvalue weighted by Crippen LogP contribution is 2.34. The van der Waals surface area contributed by atoms with Crippen molar-refractivity contribution in [2.24, 2.45) is 5.41 Å². The first-order chi connectivity index (χ1) is 9.69. The SMILES string of the molecule is CCC1(CO)CCN(C(=O)NCCC2=CCCC2)CC1. The number of aliphatic hydroxyl groups excluding tert-OH is 1. The fourth-order valence-corrected chi connectivity index (χ4v) is 3.21. The number of allylic oxidation sites excluding steroid dienone is 1. The number of hydrogen-bond donors (Lipinski definition) is 2. The van der Waals surface area contributed by atoms with Gasteiger partial charge in [0.25, 0.3) is 0 Å². The van der Waals surface area contributed by atoms with E-state index in [0.29, 0.717) is 0 Å². The zero-order valence-electron chi connectivity index (χ0n) is 12.7. The minimum Gasteiger partial charge on any atom is -0.396 e. The molecule has 0 aromatic heterocycles. The summed E-state index contributed by atoms with van der Waals surface area (Å²) in [6.45, 7) is 4.65. The van der Waals surface area contributed by atoms with Crippen LogP contribution in [0.3, 0.4) is 0 Å². The van der Waals surface area contributed by atoms with Crippen LogP contribution in [0.25, 0.3) is 0 Å². The van der Waals surface area contributed by atoms with Crippen LogP contribution in [-0.4, -0.2) is 42.3 Å². The van der Waals surface area contributed by atoms with Crippen LogP contribution in [0.15, 0.2) is 11.6 Å². The lowest BCUT2D eigenvalue weighted by molar-refractivity contribution is 0.0520. The summed E-state index contributed by atoms with van der Waals surface area (Å²) >= 11 is 0. The van der Waals surface area contributed by atoms with Gasteiger partial charge in [-0.25, -0.2) is 4.79 Å². The lowest BCUT2D eigenvalue weighted by Gasteiger charge is -2.40. The minimum absolute atomic E-state index is 0.0471. The van der Waals surface area contributed by atoms with Crippen LogP contribution in [0.4, 0.5) is 4.79 Å². The second-order valence-electron chi connectivity index (χ2n) is 6.24. The zero-order valence-corrected chi connectivity index (χ0v) is 12.7. The maximum Gasteiger partial charge on any atom is 0.317 e. The number of carbonyl (C=O) groups excluding carboxylic acids is 1. The molecule has 1 aliphatic carbocycles. The smallest absolute Gasteiger partial charge is 0.317 e. The summed E-state index contributed by atoms with van der Waals surface area (Å²) in [7, 11) is 0. The van der Waals surface area contributed by atoms with Gasteiger partial charge in [0.1, 0.15) is 0 Å². The third kappa shape index (κ3) is 3.75. The van der Waals surface area contributed by atoms with Crippen molar-refractivity contribution in [3.05, 3.63) is 11.6 Å². The lowest BCUT2D eigenvalue weighted by Crippen LogP contribution is -2.48. The van der Waals surface area contributed by atoms with E-state index < -0.39 is 0 Å². The van der Waals surface area contributed by atoms with Gasteiger partial charge in [0.2, 0.25) is 0 Å². The minimum atomic E-state index is 0.0471. The van der Waals surface area contributed by atoms with E-state index in [1.165, 1.54) is 24.8 Å². The van der Waals surface area contributed by atoms with Gasteiger partial charge in [0, 0.05) is 26.2 Å². The average molecular weight is 280 g/mol. The summed E-state index contributed by atoms with van der Waals surface area (Å²) in [6.07, 6.45) is 9.81. The van der Waals surface area contributed by atoms with E-state index >= 15 is 0 Å². The molecule has 114 valence electrons. The van der Waals surface area contributed by atoms with E-state index in [-0.39, 0.29) is 18.1 Å². The molecule has 2 rings (SSSR count). The Morgan fingerprint density at radius 2 is 2.20 bits per heavy atom. The normalized spacial score (nSPS) is 21.7. The molecule has 2 amide bonds. The second-order valence-corrected chi connectivity index (χ2v) is 6.24. The zero-order chi connectivity index (χ0) is 14.4. The Balaban J connectivity index is 1.69. The van der Waals surface area contributed by atoms with Crippen LogP contribution in [0.5, 0.6) is 0 Å². The van der Waals surface area contributed by atoms with E-state index in [1.54, 1.807) is 0 Å². The molecule has 2 N–H and O–H groups in total. The highest BCUT2D eigenvalue weighted by molar-refractivity contribution is 5.74. The summed E-state index contributed by atoms with van der Waals surface area (Å²) in [4.78, 5) is 14.0. The quantitative estimate of drug-likeness (QED) is 0.761. The Hall–Kier alpha value is -1.03. The predicted octanol–water partition coefficient (Wildman–Crippen LogP) is 2.68. The number of carbonyl (C=O) groups is 1. The monoisotopic (exact) mass is 280 g/mol. The Morgan fingerprint density at radius 3 is 2.75 bits per heavy atom. The fraction of sp³-hybridized carbons (Fsp3) is 0.812. The van der Waals surface area contributed by atoms with Crippen LogP contribution in [0, 0.1) is 5.41 Å². The number of aliphatic hydroxyl groups is 1. The topological polar surface area (TPSA) is 52.6 Å². The van der Waals surface area contributed by atoms with Crippen molar-refractivity contribution in [1.82, 2.24) is 10.2 Å². The van der Waals surface area contributed by atoms with Crippen LogP contribution in [-0.2, 0) is 0 Å². The first kappa shape index (κ1) is 15.4. The van der Waals surface area contributed by atoms with E-state index in [0.717, 1.165) is 45.3 Å². The van der Waals surface area contributed by atoms with Gasteiger partial charge in [-0.3, -0.25) is 0 Å². The molecule has 0 aromatic carbocycles. The molecule has 1 heterocycles. The lowest BCUT2D eigenvalue weighted by atomic mass is 9.77. The molecule has 0 atom stereocenters. The largest absolute Gasteiger partial charge is 0.396 e. The number of urea groups is 1. The number of piperidine rings is 1. The molecule has 0 aromatic rings. The number of rotatable bonds is 5. The van der Waals surface area contributed by atoms with Crippen LogP contribution < -0.4 is 5.32 Å². The Labute approximate surface area is 122 Å². The molecular weight excluding hydrogens is 252 g/mol. The summed E-state index contributed by atoms with van der Waals surface area (Å²) in [6, 6.07) is 0.0613. The third-order valence-electron chi connectivity index (χ3n) is 5.05. The van der Waals surface area contributed by atoms with E-state index in [9.17, 15) is 9.90 Å². The maximum atomic E-state index is 12.1. The first-order valence-corrected chi connectivity index (χ1v) is 8.01. The highest BCUT2D eigenvalue weighted by atomic mass is 16.3. The van der Waals surface area contributed by atoms with Gasteiger partial charge in [-0.05, 0) is 50.4 Å². The van der Waals surface area contributed by atoms with Crippen LogP contribution in [0.1, 0.15) is 51.9 Å². The van der Waals surface area contributed by atoms with Crippen molar-refractivity contribution in [2.75, 3.05) is 26.2 Å². The van der Waals surface area contributed by atoms with Gasteiger partial charge in [0.15, 0.2) is 0 Å². The molecule has 20 heavy (non-hydrogen) atoms. The van der Waals surface area contributed by atoms with Crippen LogP contribution >= 0.6 is 0 Å². The second kappa shape index (κ2) is 7.11. The Morgan fingerprint density at radius 1 is 1.45 bits per heavy atom. The summed E-state index contributed by atoms with van der Waals surface area (Å²) in [5, 5.41) is 12.5. The van der Waals surface area contributed by atoms with E-state index in [2.05, 4.69) is 18.3 Å². The van der Waals surface area contributed by atoms with Gasteiger partial charge in [-0.1, -0.05) is 18.6 Å². The Bertz CT molecular complexity index is 351. The molecule has 0 radical (unpaired) electrons. The molecule has 0 spiro atoms. The molecule has 4 nitrogen and oxygen atoms in total. The van der Waals surface area contributed by atoms with Gasteiger partial charge in [-0.2, -0.15) is 0 Å². The van der Waals surface area contributed by atoms with Gasteiger partial charge in [0.05, 0.1) is 0 Å². The molecule has 2 aliphatic rings.